The van der Waals surface area contributed by atoms with Crippen LogP contribution in [-0.2, 0) is 17.9 Å². The zero-order valence-corrected chi connectivity index (χ0v) is 12.7. The molecule has 1 aromatic carbocycles. The maximum Gasteiger partial charge on any atom is 0.221 e. The Bertz CT molecular complexity index is 587. The highest BCUT2D eigenvalue weighted by Gasteiger charge is 2.04. The van der Waals surface area contributed by atoms with Gasteiger partial charge in [0.2, 0.25) is 5.91 Å². The third-order valence-corrected chi connectivity index (χ3v) is 3.28. The highest BCUT2D eigenvalue weighted by atomic mass is 16.5. The lowest BCUT2D eigenvalue weighted by Gasteiger charge is -2.10. The number of rotatable bonds is 8. The Morgan fingerprint density at radius 2 is 1.91 bits per heavy atom. The van der Waals surface area contributed by atoms with E-state index in [0.29, 0.717) is 19.5 Å². The lowest BCUT2D eigenvalue weighted by atomic mass is 10.2. The fourth-order valence-corrected chi connectivity index (χ4v) is 2.07. The highest BCUT2D eigenvalue weighted by Crippen LogP contribution is 2.16. The molecule has 0 aliphatic rings. The standard InChI is InChI=1S/C17H21N3O2/c1-22-16-5-3-2-4-15(16)13-20-17(21)8-11-19-12-14-6-9-18-10-7-14/h2-7,9-10,19H,8,11-13H2,1H3,(H,20,21). The first kappa shape index (κ1) is 16.0. The van der Waals surface area contributed by atoms with Gasteiger partial charge in [-0.1, -0.05) is 18.2 Å². The van der Waals surface area contributed by atoms with Crippen molar-refractivity contribution in [3.05, 3.63) is 59.9 Å². The van der Waals surface area contributed by atoms with Crippen LogP contribution in [0.15, 0.2) is 48.8 Å². The minimum absolute atomic E-state index is 0.0214. The lowest BCUT2D eigenvalue weighted by molar-refractivity contribution is -0.121. The first-order valence-electron chi connectivity index (χ1n) is 7.28. The molecule has 0 radical (unpaired) electrons. The van der Waals surface area contributed by atoms with Gasteiger partial charge < -0.3 is 15.4 Å². The number of nitrogens with zero attached hydrogens (tertiary/aromatic N) is 1. The van der Waals surface area contributed by atoms with E-state index in [0.717, 1.165) is 23.4 Å². The third kappa shape index (κ3) is 5.18. The van der Waals surface area contributed by atoms with Crippen molar-refractivity contribution in [1.82, 2.24) is 15.6 Å². The lowest BCUT2D eigenvalue weighted by Crippen LogP contribution is -2.27. The SMILES string of the molecule is COc1ccccc1CNC(=O)CCNCc1ccncc1. The molecule has 22 heavy (non-hydrogen) atoms. The number of nitrogens with one attached hydrogen (secondary N) is 2. The Balaban J connectivity index is 1.66. The molecule has 0 bridgehead atoms. The smallest absolute Gasteiger partial charge is 0.221 e. The first-order valence-corrected chi connectivity index (χ1v) is 7.28. The Hall–Kier alpha value is -2.40. The van der Waals surface area contributed by atoms with Crippen LogP contribution in [0.1, 0.15) is 17.5 Å². The van der Waals surface area contributed by atoms with Crippen molar-refractivity contribution in [2.24, 2.45) is 0 Å². The molecular weight excluding hydrogens is 278 g/mol. The predicted molar refractivity (Wildman–Crippen MR) is 85.4 cm³/mol. The molecule has 1 aromatic heterocycles. The molecule has 0 saturated heterocycles. The molecule has 1 heterocycles. The van der Waals surface area contributed by atoms with Crippen LogP contribution < -0.4 is 15.4 Å². The van der Waals surface area contributed by atoms with Crippen molar-refractivity contribution in [3.8, 4) is 5.75 Å². The molecule has 0 atom stereocenters. The molecule has 0 spiro atoms. The topological polar surface area (TPSA) is 63.2 Å². The molecule has 0 fully saturated rings. The van der Waals surface area contributed by atoms with Crippen LogP contribution in [0.2, 0.25) is 0 Å². The van der Waals surface area contributed by atoms with E-state index in [1.807, 2.05) is 36.4 Å². The van der Waals surface area contributed by atoms with Crippen LogP contribution >= 0.6 is 0 Å². The minimum Gasteiger partial charge on any atom is -0.496 e. The fourth-order valence-electron chi connectivity index (χ4n) is 2.07. The van der Waals surface area contributed by atoms with E-state index in [9.17, 15) is 4.79 Å². The maximum absolute atomic E-state index is 11.8. The first-order chi connectivity index (χ1) is 10.8. The number of amides is 1. The summed E-state index contributed by atoms with van der Waals surface area (Å²) in [6.07, 6.45) is 3.97. The number of methoxy groups -OCH3 is 1. The van der Waals surface area contributed by atoms with Gasteiger partial charge in [0, 0.05) is 44.0 Å². The second-order valence-electron chi connectivity index (χ2n) is 4.87. The van der Waals surface area contributed by atoms with Crippen LogP contribution in [0.3, 0.4) is 0 Å². The van der Waals surface area contributed by atoms with Gasteiger partial charge in [0.15, 0.2) is 0 Å². The molecule has 2 N–H and O–H groups in total. The number of hydrogen-bond donors (Lipinski definition) is 2. The van der Waals surface area contributed by atoms with Gasteiger partial charge in [0.1, 0.15) is 5.75 Å². The number of ether oxygens (including phenoxy) is 1. The molecule has 0 unspecified atom stereocenters. The Kier molecular flexibility index (Phi) is 6.39. The Labute approximate surface area is 130 Å². The van der Waals surface area contributed by atoms with Crippen LogP contribution in [-0.4, -0.2) is 24.5 Å². The third-order valence-electron chi connectivity index (χ3n) is 3.28. The van der Waals surface area contributed by atoms with Gasteiger partial charge in [-0.25, -0.2) is 0 Å². The van der Waals surface area contributed by atoms with Crippen LogP contribution in [0, 0.1) is 0 Å². The van der Waals surface area contributed by atoms with E-state index >= 15 is 0 Å². The van der Waals surface area contributed by atoms with Crippen molar-refractivity contribution in [1.29, 1.82) is 0 Å². The van der Waals surface area contributed by atoms with Crippen molar-refractivity contribution in [3.63, 3.8) is 0 Å². The quantitative estimate of drug-likeness (QED) is 0.731. The summed E-state index contributed by atoms with van der Waals surface area (Å²) in [5, 5.41) is 6.14. The second-order valence-corrected chi connectivity index (χ2v) is 4.87. The van der Waals surface area contributed by atoms with Crippen molar-refractivity contribution in [2.45, 2.75) is 19.5 Å². The van der Waals surface area contributed by atoms with E-state index in [1.165, 1.54) is 0 Å². The van der Waals surface area contributed by atoms with Crippen LogP contribution in [0.5, 0.6) is 5.75 Å². The number of pyridine rings is 1. The highest BCUT2D eigenvalue weighted by molar-refractivity contribution is 5.76. The predicted octanol–water partition coefficient (Wildman–Crippen LogP) is 1.89. The van der Waals surface area contributed by atoms with Crippen LogP contribution in [0.4, 0.5) is 0 Å². The van der Waals surface area contributed by atoms with Crippen molar-refractivity contribution >= 4 is 5.91 Å². The van der Waals surface area contributed by atoms with Crippen molar-refractivity contribution < 1.29 is 9.53 Å². The second kappa shape index (κ2) is 8.79. The number of carbonyl (C=O) groups is 1. The number of benzene rings is 1. The molecule has 0 aliphatic carbocycles. The minimum atomic E-state index is 0.0214. The van der Waals surface area contributed by atoms with Gasteiger partial charge >= 0.3 is 0 Å². The zero-order chi connectivity index (χ0) is 15.6. The molecule has 0 saturated carbocycles. The summed E-state index contributed by atoms with van der Waals surface area (Å²) >= 11 is 0. The molecule has 5 nitrogen and oxygen atoms in total. The van der Waals surface area contributed by atoms with Gasteiger partial charge in [0.25, 0.3) is 0 Å². The Morgan fingerprint density at radius 3 is 2.68 bits per heavy atom. The van der Waals surface area contributed by atoms with Gasteiger partial charge in [0.05, 0.1) is 7.11 Å². The number of para-hydroxylation sites is 1. The summed E-state index contributed by atoms with van der Waals surface area (Å²) in [7, 11) is 1.63. The normalized spacial score (nSPS) is 10.2. The van der Waals surface area contributed by atoms with E-state index in [2.05, 4.69) is 15.6 Å². The molecule has 116 valence electrons. The number of carbonyl (C=O) groups excluding carboxylic acids is 1. The summed E-state index contributed by atoms with van der Waals surface area (Å²) < 4.78 is 5.26. The zero-order valence-electron chi connectivity index (χ0n) is 12.7. The summed E-state index contributed by atoms with van der Waals surface area (Å²) in [6.45, 7) is 1.86. The molecule has 0 aliphatic heterocycles. The Morgan fingerprint density at radius 1 is 1.14 bits per heavy atom. The maximum atomic E-state index is 11.8. The summed E-state index contributed by atoms with van der Waals surface area (Å²) in [6, 6.07) is 11.6. The van der Waals surface area contributed by atoms with Gasteiger partial charge in [-0.2, -0.15) is 0 Å². The monoisotopic (exact) mass is 299 g/mol. The van der Waals surface area contributed by atoms with Gasteiger partial charge in [-0.15, -0.1) is 0 Å². The summed E-state index contributed by atoms with van der Waals surface area (Å²) in [5.41, 5.74) is 2.13. The summed E-state index contributed by atoms with van der Waals surface area (Å²) in [5.74, 6) is 0.812. The molecule has 1 amide bonds. The molecular formula is C17H21N3O2. The van der Waals surface area contributed by atoms with E-state index in [-0.39, 0.29) is 5.91 Å². The number of hydrogen-bond acceptors (Lipinski definition) is 4. The largest absolute Gasteiger partial charge is 0.496 e. The van der Waals surface area contributed by atoms with E-state index in [1.54, 1.807) is 19.5 Å². The number of aromatic nitrogens is 1. The van der Waals surface area contributed by atoms with Gasteiger partial charge in [-0.3, -0.25) is 9.78 Å². The van der Waals surface area contributed by atoms with Crippen LogP contribution in [0.25, 0.3) is 0 Å². The molecule has 5 heteroatoms. The van der Waals surface area contributed by atoms with E-state index < -0.39 is 0 Å². The fraction of sp³-hybridized carbons (Fsp3) is 0.294. The molecule has 2 rings (SSSR count). The molecule has 2 aromatic rings. The van der Waals surface area contributed by atoms with E-state index in [4.69, 9.17) is 4.74 Å². The average Bonchev–Trinajstić information content (AvgIpc) is 2.58. The summed E-state index contributed by atoms with van der Waals surface area (Å²) in [4.78, 5) is 15.8. The van der Waals surface area contributed by atoms with Gasteiger partial charge in [-0.05, 0) is 23.8 Å². The average molecular weight is 299 g/mol. The van der Waals surface area contributed by atoms with Crippen molar-refractivity contribution in [2.75, 3.05) is 13.7 Å².